The van der Waals surface area contributed by atoms with E-state index in [0.717, 1.165) is 17.9 Å². The molecule has 0 aromatic carbocycles. The van der Waals surface area contributed by atoms with Gasteiger partial charge < -0.3 is 5.32 Å². The van der Waals surface area contributed by atoms with Crippen molar-refractivity contribution in [2.45, 2.75) is 39.2 Å². The van der Waals surface area contributed by atoms with E-state index < -0.39 is 0 Å². The molecule has 3 unspecified atom stereocenters. The molecule has 2 heterocycles. The Balaban J connectivity index is 1.89. The molecule has 3 atom stereocenters. The Labute approximate surface area is 88.1 Å². The fraction of sp³-hybridized carbons (Fsp3) is 1.00. The summed E-state index contributed by atoms with van der Waals surface area (Å²) in [6, 6.07) is 0.844. The molecule has 2 nitrogen and oxygen atoms in total. The Morgan fingerprint density at radius 2 is 2.07 bits per heavy atom. The Bertz CT molecular complexity index is 181. The Morgan fingerprint density at radius 1 is 1.21 bits per heavy atom. The van der Waals surface area contributed by atoms with Crippen LogP contribution in [-0.4, -0.2) is 37.1 Å². The maximum absolute atomic E-state index is 3.54. The van der Waals surface area contributed by atoms with E-state index in [2.05, 4.69) is 24.1 Å². The number of nitrogens with one attached hydrogen (secondary N) is 1. The minimum atomic E-state index is 0.844. The molecule has 2 fully saturated rings. The van der Waals surface area contributed by atoms with Crippen LogP contribution >= 0.6 is 0 Å². The lowest BCUT2D eigenvalue weighted by molar-refractivity contribution is 0.201. The number of hydrogen-bond donors (Lipinski definition) is 1. The summed E-state index contributed by atoms with van der Waals surface area (Å²) in [5.74, 6) is 1.89. The minimum absolute atomic E-state index is 0.844. The molecule has 0 bridgehead atoms. The Hall–Kier alpha value is -0.0800. The number of rotatable bonds is 3. The zero-order chi connectivity index (χ0) is 9.97. The van der Waals surface area contributed by atoms with Crippen LogP contribution in [0.25, 0.3) is 0 Å². The van der Waals surface area contributed by atoms with Crippen LogP contribution in [0.5, 0.6) is 0 Å². The van der Waals surface area contributed by atoms with Gasteiger partial charge in [0.1, 0.15) is 0 Å². The van der Waals surface area contributed by atoms with Crippen molar-refractivity contribution in [3.63, 3.8) is 0 Å². The first kappa shape index (κ1) is 10.4. The molecule has 0 aromatic heterocycles. The minimum Gasteiger partial charge on any atom is -0.315 e. The van der Waals surface area contributed by atoms with Gasteiger partial charge in [-0.1, -0.05) is 26.7 Å². The number of hydrogen-bond acceptors (Lipinski definition) is 2. The van der Waals surface area contributed by atoms with Gasteiger partial charge in [-0.25, -0.2) is 0 Å². The largest absolute Gasteiger partial charge is 0.315 e. The second kappa shape index (κ2) is 4.63. The molecule has 14 heavy (non-hydrogen) atoms. The summed E-state index contributed by atoms with van der Waals surface area (Å²) in [7, 11) is 0. The molecule has 0 aliphatic carbocycles. The van der Waals surface area contributed by atoms with Crippen molar-refractivity contribution in [2.75, 3.05) is 26.2 Å². The van der Waals surface area contributed by atoms with E-state index in [0.29, 0.717) is 0 Å². The van der Waals surface area contributed by atoms with Crippen molar-refractivity contribution in [3.05, 3.63) is 0 Å². The molecule has 0 spiro atoms. The fourth-order valence-corrected chi connectivity index (χ4v) is 3.06. The lowest BCUT2D eigenvalue weighted by Crippen LogP contribution is -2.39. The first-order valence-electron chi connectivity index (χ1n) is 6.29. The molecule has 0 saturated carbocycles. The summed E-state index contributed by atoms with van der Waals surface area (Å²) in [6.45, 7) is 9.85. The zero-order valence-electron chi connectivity index (χ0n) is 9.63. The maximum atomic E-state index is 3.54. The van der Waals surface area contributed by atoms with E-state index in [1.54, 1.807) is 0 Å². The van der Waals surface area contributed by atoms with Crippen molar-refractivity contribution in [3.8, 4) is 0 Å². The molecular weight excluding hydrogens is 172 g/mol. The Morgan fingerprint density at radius 3 is 2.71 bits per heavy atom. The predicted molar refractivity (Wildman–Crippen MR) is 60.4 cm³/mol. The predicted octanol–water partition coefficient (Wildman–Crippen LogP) is 1.72. The summed E-state index contributed by atoms with van der Waals surface area (Å²) in [5, 5.41) is 3.54. The first-order chi connectivity index (χ1) is 6.85. The van der Waals surface area contributed by atoms with Crippen LogP contribution in [0.1, 0.15) is 33.1 Å². The maximum Gasteiger partial charge on any atom is 0.0260 e. The van der Waals surface area contributed by atoms with Gasteiger partial charge in [0.25, 0.3) is 0 Å². The average Bonchev–Trinajstić information content (AvgIpc) is 2.85. The second-order valence-electron chi connectivity index (χ2n) is 4.95. The van der Waals surface area contributed by atoms with E-state index in [1.807, 2.05) is 0 Å². The van der Waals surface area contributed by atoms with Gasteiger partial charge in [-0.05, 0) is 31.3 Å². The summed E-state index contributed by atoms with van der Waals surface area (Å²) in [5.41, 5.74) is 0. The molecule has 2 heteroatoms. The highest BCUT2D eigenvalue weighted by molar-refractivity contribution is 4.91. The van der Waals surface area contributed by atoms with E-state index in [4.69, 9.17) is 0 Å². The molecule has 0 aromatic rings. The van der Waals surface area contributed by atoms with E-state index in [1.165, 1.54) is 45.4 Å². The highest BCUT2D eigenvalue weighted by Crippen LogP contribution is 2.26. The van der Waals surface area contributed by atoms with Crippen LogP contribution in [0, 0.1) is 11.8 Å². The van der Waals surface area contributed by atoms with Crippen LogP contribution in [0.2, 0.25) is 0 Å². The van der Waals surface area contributed by atoms with Gasteiger partial charge in [0.2, 0.25) is 0 Å². The van der Waals surface area contributed by atoms with E-state index in [-0.39, 0.29) is 0 Å². The average molecular weight is 196 g/mol. The molecule has 1 N–H and O–H groups in total. The van der Waals surface area contributed by atoms with E-state index in [9.17, 15) is 0 Å². The highest BCUT2D eigenvalue weighted by atomic mass is 15.2. The molecule has 0 amide bonds. The standard InChI is InChI=1S/C12H24N2/c1-3-10-5-6-14(9-10)12-8-13-7-11(12)4-2/h10-13H,3-9H2,1-2H3. The zero-order valence-corrected chi connectivity index (χ0v) is 9.63. The lowest BCUT2D eigenvalue weighted by atomic mass is 9.99. The molecule has 82 valence electrons. The summed E-state index contributed by atoms with van der Waals surface area (Å²) >= 11 is 0. The Kier molecular flexibility index (Phi) is 3.45. The normalized spacial score (nSPS) is 39.4. The third kappa shape index (κ3) is 1.96. The first-order valence-corrected chi connectivity index (χ1v) is 6.29. The SMILES string of the molecule is CCC1CCN(C2CNCC2CC)C1. The van der Waals surface area contributed by atoms with Gasteiger partial charge in [0.05, 0.1) is 0 Å². The number of likely N-dealkylation sites (tertiary alicyclic amines) is 1. The molecule has 2 saturated heterocycles. The monoisotopic (exact) mass is 196 g/mol. The van der Waals surface area contributed by atoms with Crippen LogP contribution < -0.4 is 5.32 Å². The fourth-order valence-electron chi connectivity index (χ4n) is 3.06. The lowest BCUT2D eigenvalue weighted by Gasteiger charge is -2.28. The van der Waals surface area contributed by atoms with Crippen LogP contribution in [0.4, 0.5) is 0 Å². The summed E-state index contributed by atoms with van der Waals surface area (Å²) in [4.78, 5) is 2.74. The summed E-state index contributed by atoms with van der Waals surface area (Å²) < 4.78 is 0. The van der Waals surface area contributed by atoms with Gasteiger partial charge >= 0.3 is 0 Å². The summed E-state index contributed by atoms with van der Waals surface area (Å²) in [6.07, 6.45) is 4.14. The van der Waals surface area contributed by atoms with Crippen LogP contribution in [0.15, 0.2) is 0 Å². The van der Waals surface area contributed by atoms with Crippen molar-refractivity contribution in [1.82, 2.24) is 10.2 Å². The molecule has 2 aliphatic rings. The van der Waals surface area contributed by atoms with Gasteiger partial charge in [-0.15, -0.1) is 0 Å². The van der Waals surface area contributed by atoms with Crippen LogP contribution in [-0.2, 0) is 0 Å². The third-order valence-corrected chi connectivity index (χ3v) is 4.19. The topological polar surface area (TPSA) is 15.3 Å². The molecule has 2 rings (SSSR count). The van der Waals surface area contributed by atoms with Gasteiger partial charge in [0.15, 0.2) is 0 Å². The van der Waals surface area contributed by atoms with Crippen molar-refractivity contribution < 1.29 is 0 Å². The van der Waals surface area contributed by atoms with Crippen LogP contribution in [0.3, 0.4) is 0 Å². The molecular formula is C12H24N2. The smallest absolute Gasteiger partial charge is 0.0260 e. The second-order valence-corrected chi connectivity index (χ2v) is 4.95. The third-order valence-electron chi connectivity index (χ3n) is 4.19. The molecule has 2 aliphatic heterocycles. The molecule has 0 radical (unpaired) electrons. The van der Waals surface area contributed by atoms with Gasteiger partial charge in [-0.3, -0.25) is 4.90 Å². The quantitative estimate of drug-likeness (QED) is 0.739. The van der Waals surface area contributed by atoms with Crippen molar-refractivity contribution >= 4 is 0 Å². The van der Waals surface area contributed by atoms with Gasteiger partial charge in [-0.2, -0.15) is 0 Å². The number of nitrogens with zero attached hydrogens (tertiary/aromatic N) is 1. The highest BCUT2D eigenvalue weighted by Gasteiger charge is 2.34. The van der Waals surface area contributed by atoms with Gasteiger partial charge in [0, 0.05) is 19.1 Å². The van der Waals surface area contributed by atoms with E-state index >= 15 is 0 Å². The van der Waals surface area contributed by atoms with Crippen molar-refractivity contribution in [2.24, 2.45) is 11.8 Å². The van der Waals surface area contributed by atoms with Crippen molar-refractivity contribution in [1.29, 1.82) is 0 Å².